The molecule has 0 unspecified atom stereocenters. The lowest BCUT2D eigenvalue weighted by atomic mass is 9.99. The predicted molar refractivity (Wildman–Crippen MR) is 108 cm³/mol. The normalized spacial score (nSPS) is 10.8. The summed E-state index contributed by atoms with van der Waals surface area (Å²) in [5, 5.41) is 1.28. The quantitative estimate of drug-likeness (QED) is 0.385. The van der Waals surface area contributed by atoms with Gasteiger partial charge in [-0.2, -0.15) is 0 Å². The third-order valence-electron chi connectivity index (χ3n) is 4.13. The summed E-state index contributed by atoms with van der Waals surface area (Å²) in [6.07, 6.45) is -0.0857. The summed E-state index contributed by atoms with van der Waals surface area (Å²) in [7, 11) is 3.18. The van der Waals surface area contributed by atoms with E-state index in [1.54, 1.807) is 38.4 Å². The number of nitrogens with two attached hydrogens (primary N) is 1. The van der Waals surface area contributed by atoms with Crippen molar-refractivity contribution in [1.29, 1.82) is 0 Å². The first-order valence-electron chi connectivity index (χ1n) is 8.27. The van der Waals surface area contributed by atoms with Crippen LogP contribution in [-0.2, 0) is 11.8 Å². The van der Waals surface area contributed by atoms with E-state index in [1.165, 1.54) is 4.90 Å². The highest BCUT2D eigenvalue weighted by Gasteiger charge is 2.16. The molecular formula is C20H19BrN2O4. The van der Waals surface area contributed by atoms with Gasteiger partial charge in [0.15, 0.2) is 0 Å². The van der Waals surface area contributed by atoms with Gasteiger partial charge in [-0.1, -0.05) is 28.1 Å². The second kappa shape index (κ2) is 7.84. The Morgan fingerprint density at radius 1 is 1.19 bits per heavy atom. The van der Waals surface area contributed by atoms with Crippen LogP contribution in [-0.4, -0.2) is 25.1 Å². The number of benzene rings is 2. The van der Waals surface area contributed by atoms with Crippen molar-refractivity contribution in [3.05, 3.63) is 69.6 Å². The number of halogens is 1. The lowest BCUT2D eigenvalue weighted by Gasteiger charge is -2.13. The van der Waals surface area contributed by atoms with Gasteiger partial charge in [0.25, 0.3) is 0 Å². The number of alkyl halides is 1. The second-order valence-corrected chi connectivity index (χ2v) is 6.88. The molecule has 2 N–H and O–H groups in total. The Morgan fingerprint density at radius 2 is 1.96 bits per heavy atom. The Labute approximate surface area is 164 Å². The van der Waals surface area contributed by atoms with Gasteiger partial charge < -0.3 is 19.8 Å². The van der Waals surface area contributed by atoms with Crippen LogP contribution in [0.15, 0.2) is 51.7 Å². The van der Waals surface area contributed by atoms with Crippen LogP contribution in [0.4, 0.5) is 10.5 Å². The minimum absolute atomic E-state index is 0.313. The maximum absolute atomic E-state index is 12.6. The monoisotopic (exact) mass is 430 g/mol. The number of carbonyl (C=O) groups is 1. The molecule has 0 atom stereocenters. The lowest BCUT2D eigenvalue weighted by molar-refractivity contribution is 0.172. The molecule has 2 aromatic carbocycles. The van der Waals surface area contributed by atoms with Gasteiger partial charge in [-0.05, 0) is 35.4 Å². The van der Waals surface area contributed by atoms with Gasteiger partial charge in [0.2, 0.25) is 0 Å². The van der Waals surface area contributed by atoms with E-state index in [2.05, 4.69) is 15.9 Å². The number of nitrogen functional groups attached to an aromatic ring is 1. The number of amides is 1. The van der Waals surface area contributed by atoms with Crippen LogP contribution >= 0.6 is 15.9 Å². The molecule has 0 aliphatic rings. The average molecular weight is 431 g/mol. The Bertz CT molecular complexity index is 1060. The third kappa shape index (κ3) is 4.14. The Hall–Kier alpha value is -2.80. The molecule has 3 rings (SSSR count). The molecule has 0 saturated carbocycles. The summed E-state index contributed by atoms with van der Waals surface area (Å²) < 4.78 is 10.7. The van der Waals surface area contributed by atoms with Crippen molar-refractivity contribution < 1.29 is 13.9 Å². The van der Waals surface area contributed by atoms with Gasteiger partial charge in [0.1, 0.15) is 11.3 Å². The fraction of sp³-hybridized carbons (Fsp3) is 0.200. The van der Waals surface area contributed by atoms with Crippen LogP contribution in [0.2, 0.25) is 0 Å². The van der Waals surface area contributed by atoms with Gasteiger partial charge in [-0.15, -0.1) is 0 Å². The van der Waals surface area contributed by atoms with Gasteiger partial charge >= 0.3 is 11.7 Å². The molecule has 140 valence electrons. The molecule has 0 saturated heterocycles. The van der Waals surface area contributed by atoms with Gasteiger partial charge in [0.05, 0.1) is 0 Å². The summed E-state index contributed by atoms with van der Waals surface area (Å²) in [4.78, 5) is 25.6. The maximum atomic E-state index is 12.6. The summed E-state index contributed by atoms with van der Waals surface area (Å²) in [6, 6.07) is 12.4. The molecule has 0 fully saturated rings. The zero-order valence-corrected chi connectivity index (χ0v) is 16.6. The Balaban J connectivity index is 2.05. The SMILES string of the molecule is CN(C)C(=O)Oc1ccc2c(CBr)c(Cc3cccc(N)c3)c(=O)oc2c1. The summed E-state index contributed by atoms with van der Waals surface area (Å²) in [6.45, 7) is 0. The zero-order chi connectivity index (χ0) is 19.6. The molecule has 0 aliphatic heterocycles. The Morgan fingerprint density at radius 3 is 2.63 bits per heavy atom. The largest absolute Gasteiger partial charge is 0.422 e. The highest BCUT2D eigenvalue weighted by Crippen LogP contribution is 2.27. The molecule has 1 heterocycles. The minimum atomic E-state index is -0.504. The number of anilines is 1. The number of rotatable bonds is 4. The molecule has 0 spiro atoms. The van der Waals surface area contributed by atoms with Crippen molar-refractivity contribution in [3.63, 3.8) is 0 Å². The van der Waals surface area contributed by atoms with Crippen molar-refractivity contribution in [2.75, 3.05) is 19.8 Å². The number of hydrogen-bond acceptors (Lipinski definition) is 5. The molecule has 1 amide bonds. The molecule has 0 radical (unpaired) electrons. The van der Waals surface area contributed by atoms with Crippen LogP contribution in [0.3, 0.4) is 0 Å². The van der Waals surface area contributed by atoms with Crippen molar-refractivity contribution in [2.45, 2.75) is 11.8 Å². The van der Waals surface area contributed by atoms with Crippen molar-refractivity contribution in [1.82, 2.24) is 4.90 Å². The molecule has 27 heavy (non-hydrogen) atoms. The van der Waals surface area contributed by atoms with Crippen molar-refractivity contribution in [3.8, 4) is 5.75 Å². The van der Waals surface area contributed by atoms with Crippen molar-refractivity contribution >= 4 is 38.7 Å². The van der Waals surface area contributed by atoms with Gasteiger partial charge in [-0.25, -0.2) is 9.59 Å². The van der Waals surface area contributed by atoms with E-state index in [0.29, 0.717) is 34.3 Å². The maximum Gasteiger partial charge on any atom is 0.414 e. The van der Waals surface area contributed by atoms with Crippen molar-refractivity contribution in [2.24, 2.45) is 0 Å². The van der Waals surface area contributed by atoms with Crippen LogP contribution < -0.4 is 16.1 Å². The first-order chi connectivity index (χ1) is 12.9. The smallest absolute Gasteiger partial charge is 0.414 e. The van der Waals surface area contributed by atoms with Gasteiger partial charge in [-0.3, -0.25) is 0 Å². The second-order valence-electron chi connectivity index (χ2n) is 6.32. The van der Waals surface area contributed by atoms with Crippen LogP contribution in [0.1, 0.15) is 16.7 Å². The van der Waals surface area contributed by atoms with E-state index in [-0.39, 0.29) is 0 Å². The molecule has 7 heteroatoms. The number of carbonyl (C=O) groups excluding carboxylic acids is 1. The van der Waals surface area contributed by atoms with Crippen LogP contribution in [0, 0.1) is 0 Å². The Kier molecular flexibility index (Phi) is 5.51. The number of fused-ring (bicyclic) bond motifs is 1. The fourth-order valence-corrected chi connectivity index (χ4v) is 3.42. The van der Waals surface area contributed by atoms with Crippen LogP contribution in [0.5, 0.6) is 5.75 Å². The van der Waals surface area contributed by atoms with E-state index in [0.717, 1.165) is 16.5 Å². The highest BCUT2D eigenvalue weighted by atomic mass is 79.9. The van der Waals surface area contributed by atoms with E-state index in [4.69, 9.17) is 14.9 Å². The van der Waals surface area contributed by atoms with Crippen LogP contribution in [0.25, 0.3) is 11.0 Å². The molecule has 6 nitrogen and oxygen atoms in total. The molecule has 1 aromatic heterocycles. The standard InChI is InChI=1S/C20H19BrN2O4/c1-23(2)20(25)26-14-6-7-15-17(11-21)16(19(24)27-18(15)10-14)9-12-4-3-5-13(22)8-12/h3-8,10H,9,11,22H2,1-2H3. The number of nitrogens with zero attached hydrogens (tertiary/aromatic N) is 1. The highest BCUT2D eigenvalue weighted by molar-refractivity contribution is 9.08. The van der Waals surface area contributed by atoms with E-state index >= 15 is 0 Å². The fourth-order valence-electron chi connectivity index (χ4n) is 2.78. The number of ether oxygens (including phenoxy) is 1. The molecule has 0 aliphatic carbocycles. The minimum Gasteiger partial charge on any atom is -0.422 e. The molecule has 0 bridgehead atoms. The topological polar surface area (TPSA) is 85.8 Å². The molecular weight excluding hydrogens is 412 g/mol. The predicted octanol–water partition coefficient (Wildman–Crippen LogP) is 3.92. The molecule has 3 aromatic rings. The average Bonchev–Trinajstić information content (AvgIpc) is 2.62. The van der Waals surface area contributed by atoms with E-state index in [1.807, 2.05) is 18.2 Å². The summed E-state index contributed by atoms with van der Waals surface area (Å²) >= 11 is 3.47. The lowest BCUT2D eigenvalue weighted by Crippen LogP contribution is -2.25. The first-order valence-corrected chi connectivity index (χ1v) is 9.39. The summed E-state index contributed by atoms with van der Waals surface area (Å²) in [5.74, 6) is 0.313. The van der Waals surface area contributed by atoms with E-state index in [9.17, 15) is 9.59 Å². The van der Waals surface area contributed by atoms with E-state index < -0.39 is 11.7 Å². The summed E-state index contributed by atoms with van der Waals surface area (Å²) in [5.41, 5.74) is 8.77. The van der Waals surface area contributed by atoms with Gasteiger partial charge in [0, 0.05) is 48.5 Å². The third-order valence-corrected chi connectivity index (χ3v) is 4.69. The zero-order valence-electron chi connectivity index (χ0n) is 15.0. The first kappa shape index (κ1) is 19.0. The number of hydrogen-bond donors (Lipinski definition) is 1.